The van der Waals surface area contributed by atoms with Gasteiger partial charge >= 0.3 is 6.09 Å². The number of rotatable bonds is 5. The first kappa shape index (κ1) is 29.1. The number of nitrogens with zero attached hydrogens (tertiary/aromatic N) is 1. The van der Waals surface area contributed by atoms with Gasteiger partial charge in [0.2, 0.25) is 21.8 Å². The van der Waals surface area contributed by atoms with E-state index in [1.165, 1.54) is 0 Å². The van der Waals surface area contributed by atoms with E-state index in [1.807, 2.05) is 31.2 Å². The van der Waals surface area contributed by atoms with Gasteiger partial charge in [-0.05, 0) is 76.0 Å². The average Bonchev–Trinajstić information content (AvgIpc) is 3.82. The number of hydrogen-bond donors (Lipinski definition) is 3. The van der Waals surface area contributed by atoms with E-state index in [4.69, 9.17) is 4.74 Å². The van der Waals surface area contributed by atoms with Crippen LogP contribution in [0.25, 0.3) is 0 Å². The molecule has 0 saturated heterocycles. The zero-order valence-electron chi connectivity index (χ0n) is 23.4. The van der Waals surface area contributed by atoms with E-state index in [1.54, 1.807) is 24.1 Å². The molecule has 0 aromatic heterocycles. The summed E-state index contributed by atoms with van der Waals surface area (Å²) in [5.41, 5.74) is 0.136. The standard InChI is InChI=1S/C29H38N4O7S/c1-18-8-7-10-20(14-18)30-28(37)40-21-15-23-24(16-21)26(35)33(2)13-6-4-3-5-9-19-17-29(19,31-25(23)34)27(36)32-41(38,39)22-11-12-22/h5,7-10,14,19,21-24H,3-4,6,11-13,15-17H2,1-2H3,(H,30,37)(H,31,34)(H,32,36)/b9-5-/t19-,21-,23-,24-,29-/m1/s1. The summed E-state index contributed by atoms with van der Waals surface area (Å²) in [6.07, 6.45) is 6.34. The zero-order valence-corrected chi connectivity index (χ0v) is 24.2. The number of hydrogen-bond acceptors (Lipinski definition) is 7. The molecule has 0 radical (unpaired) electrons. The van der Waals surface area contributed by atoms with Crippen LogP contribution in [0.5, 0.6) is 0 Å². The van der Waals surface area contributed by atoms with Crippen molar-refractivity contribution in [3.8, 4) is 0 Å². The molecule has 12 heteroatoms. The monoisotopic (exact) mass is 586 g/mol. The summed E-state index contributed by atoms with van der Waals surface area (Å²) in [4.78, 5) is 54.8. The van der Waals surface area contributed by atoms with Gasteiger partial charge in [-0.1, -0.05) is 24.3 Å². The molecule has 1 aromatic carbocycles. The van der Waals surface area contributed by atoms with Crippen LogP contribution in [0.4, 0.5) is 10.5 Å². The second-order valence-corrected chi connectivity index (χ2v) is 13.8. The van der Waals surface area contributed by atoms with Gasteiger partial charge in [0.15, 0.2) is 0 Å². The molecular weight excluding hydrogens is 548 g/mol. The average molecular weight is 587 g/mol. The van der Waals surface area contributed by atoms with E-state index in [2.05, 4.69) is 15.4 Å². The molecule has 0 spiro atoms. The number of amides is 4. The van der Waals surface area contributed by atoms with E-state index in [9.17, 15) is 27.6 Å². The number of ether oxygens (including phenoxy) is 1. The molecule has 3 N–H and O–H groups in total. The van der Waals surface area contributed by atoms with Crippen LogP contribution < -0.4 is 15.4 Å². The predicted molar refractivity (Wildman–Crippen MR) is 151 cm³/mol. The van der Waals surface area contributed by atoms with Crippen molar-refractivity contribution >= 4 is 39.5 Å². The highest BCUT2D eigenvalue weighted by atomic mass is 32.2. The molecule has 5 rings (SSSR count). The fourth-order valence-corrected chi connectivity index (χ4v) is 7.28. The van der Waals surface area contributed by atoms with Gasteiger partial charge in [0.05, 0.1) is 17.1 Å². The Hall–Kier alpha value is -3.41. The smallest absolute Gasteiger partial charge is 0.411 e. The van der Waals surface area contributed by atoms with Crippen LogP contribution in [0.1, 0.15) is 56.9 Å². The van der Waals surface area contributed by atoms with Crippen molar-refractivity contribution in [2.45, 2.75) is 75.2 Å². The molecule has 4 amide bonds. The number of carbonyl (C=O) groups excluding carboxylic acids is 4. The van der Waals surface area contributed by atoms with Gasteiger partial charge in [-0.25, -0.2) is 13.2 Å². The Morgan fingerprint density at radius 2 is 1.88 bits per heavy atom. The molecular formula is C29H38N4O7S. The third-order valence-electron chi connectivity index (χ3n) is 8.53. The van der Waals surface area contributed by atoms with Crippen LogP contribution in [0.15, 0.2) is 36.4 Å². The largest absolute Gasteiger partial charge is 0.446 e. The molecule has 41 heavy (non-hydrogen) atoms. The molecule has 1 aromatic rings. The first-order chi connectivity index (χ1) is 19.5. The Morgan fingerprint density at radius 3 is 2.61 bits per heavy atom. The fraction of sp³-hybridized carbons (Fsp3) is 0.586. The highest BCUT2D eigenvalue weighted by Gasteiger charge is 2.62. The van der Waals surface area contributed by atoms with Gasteiger partial charge in [0, 0.05) is 25.2 Å². The number of fused-ring (bicyclic) bond motifs is 2. The van der Waals surface area contributed by atoms with Gasteiger partial charge in [-0.3, -0.25) is 24.4 Å². The lowest BCUT2D eigenvalue weighted by Gasteiger charge is -2.26. The van der Waals surface area contributed by atoms with Crippen molar-refractivity contribution < 1.29 is 32.3 Å². The van der Waals surface area contributed by atoms with Crippen LogP contribution in [-0.4, -0.2) is 67.6 Å². The van der Waals surface area contributed by atoms with Crippen molar-refractivity contribution in [3.05, 3.63) is 42.0 Å². The summed E-state index contributed by atoms with van der Waals surface area (Å²) >= 11 is 0. The van der Waals surface area contributed by atoms with Crippen LogP contribution in [-0.2, 0) is 29.1 Å². The first-order valence-corrected chi connectivity index (χ1v) is 15.9. The van der Waals surface area contributed by atoms with Gasteiger partial charge in [0.1, 0.15) is 11.6 Å². The molecule has 0 unspecified atom stereocenters. The van der Waals surface area contributed by atoms with Gasteiger partial charge in [0.25, 0.3) is 5.91 Å². The summed E-state index contributed by atoms with van der Waals surface area (Å²) in [6.45, 7) is 2.44. The third kappa shape index (κ3) is 6.58. The molecule has 0 bridgehead atoms. The number of carbonyl (C=O) groups is 4. The molecule has 4 aliphatic rings. The fourth-order valence-electron chi connectivity index (χ4n) is 5.91. The molecule has 222 valence electrons. The second kappa shape index (κ2) is 11.5. The van der Waals surface area contributed by atoms with Crippen molar-refractivity contribution in [3.63, 3.8) is 0 Å². The minimum absolute atomic E-state index is 0.107. The highest BCUT2D eigenvalue weighted by molar-refractivity contribution is 7.91. The van der Waals surface area contributed by atoms with Crippen LogP contribution in [0.2, 0.25) is 0 Å². The normalized spacial score (nSPS) is 31.1. The summed E-state index contributed by atoms with van der Waals surface area (Å²) in [5, 5.41) is 4.95. The summed E-state index contributed by atoms with van der Waals surface area (Å²) < 4.78 is 32.9. The number of allylic oxidation sites excluding steroid dienone is 1. The number of anilines is 1. The Kier molecular flexibility index (Phi) is 8.13. The van der Waals surface area contributed by atoms with Crippen molar-refractivity contribution in [2.24, 2.45) is 17.8 Å². The van der Waals surface area contributed by atoms with Gasteiger partial charge in [-0.2, -0.15) is 0 Å². The van der Waals surface area contributed by atoms with E-state index >= 15 is 0 Å². The second-order valence-electron chi connectivity index (χ2n) is 11.8. The Morgan fingerprint density at radius 1 is 1.12 bits per heavy atom. The Labute approximate surface area is 240 Å². The minimum atomic E-state index is -3.81. The van der Waals surface area contributed by atoms with E-state index in [-0.39, 0.29) is 31.1 Å². The van der Waals surface area contributed by atoms with Gasteiger partial charge < -0.3 is 15.0 Å². The Bertz CT molecular complexity index is 1360. The maximum absolute atomic E-state index is 13.7. The minimum Gasteiger partial charge on any atom is -0.446 e. The number of sulfonamides is 1. The zero-order chi connectivity index (χ0) is 29.4. The molecule has 3 saturated carbocycles. The number of aryl methyl sites for hydroxylation is 1. The third-order valence-corrected chi connectivity index (χ3v) is 10.4. The molecule has 3 aliphatic carbocycles. The van der Waals surface area contributed by atoms with Crippen LogP contribution in [0, 0.1) is 24.7 Å². The molecule has 11 nitrogen and oxygen atoms in total. The lowest BCUT2D eigenvalue weighted by atomic mass is 9.93. The molecule has 3 fully saturated rings. The van der Waals surface area contributed by atoms with Crippen LogP contribution in [0.3, 0.4) is 0 Å². The number of benzene rings is 1. The Balaban J connectivity index is 1.34. The SMILES string of the molecule is Cc1cccc(NC(=O)O[C@@H]2C[C@H]3C(=O)N[C@]4(C(=O)NS(=O)(=O)C5CC5)C[C@H]4/C=C\CCCCN(C)C(=O)[C@@H]3C2)c1. The lowest BCUT2D eigenvalue weighted by molar-refractivity contribution is -0.140. The predicted octanol–water partition coefficient (Wildman–Crippen LogP) is 2.62. The van der Waals surface area contributed by atoms with Crippen molar-refractivity contribution in [2.75, 3.05) is 18.9 Å². The van der Waals surface area contributed by atoms with Crippen molar-refractivity contribution in [1.82, 2.24) is 14.9 Å². The van der Waals surface area contributed by atoms with Crippen molar-refractivity contribution in [1.29, 1.82) is 0 Å². The van der Waals surface area contributed by atoms with Crippen LogP contribution >= 0.6 is 0 Å². The maximum atomic E-state index is 13.7. The van der Waals surface area contributed by atoms with Gasteiger partial charge in [-0.15, -0.1) is 0 Å². The molecule has 5 atom stereocenters. The maximum Gasteiger partial charge on any atom is 0.411 e. The quantitative estimate of drug-likeness (QED) is 0.449. The lowest BCUT2D eigenvalue weighted by Crippen LogP contribution is -2.54. The van der Waals surface area contributed by atoms with E-state index in [0.29, 0.717) is 25.1 Å². The highest BCUT2D eigenvalue weighted by Crippen LogP contribution is 2.47. The summed E-state index contributed by atoms with van der Waals surface area (Å²) in [7, 11) is -2.11. The topological polar surface area (TPSA) is 151 Å². The van der Waals surface area contributed by atoms with E-state index in [0.717, 1.165) is 24.8 Å². The summed E-state index contributed by atoms with van der Waals surface area (Å²) in [5.74, 6) is -3.43. The van der Waals surface area contributed by atoms with E-state index < -0.39 is 56.7 Å². The first-order valence-electron chi connectivity index (χ1n) is 14.3. The number of nitrogens with one attached hydrogen (secondary N) is 3. The molecule has 1 heterocycles. The molecule has 1 aliphatic heterocycles. The summed E-state index contributed by atoms with van der Waals surface area (Å²) in [6, 6.07) is 7.25.